The van der Waals surface area contributed by atoms with Crippen molar-refractivity contribution in [2.75, 3.05) is 0 Å². The molecule has 112 valence electrons. The molecule has 1 nitrogen and oxygen atoms in total. The number of hydrogen-bond donors (Lipinski definition) is 1. The van der Waals surface area contributed by atoms with Crippen LogP contribution in [0.1, 0.15) is 62.2 Å². The molecule has 1 aromatic rings. The van der Waals surface area contributed by atoms with Gasteiger partial charge in [0.15, 0.2) is 0 Å². The van der Waals surface area contributed by atoms with Crippen LogP contribution in [0.2, 0.25) is 0 Å². The zero-order valence-corrected chi connectivity index (χ0v) is 11.5. The third-order valence-electron chi connectivity index (χ3n) is 4.15. The topological polar surface area (TPSA) is 20.2 Å². The van der Waals surface area contributed by atoms with Crippen LogP contribution in [0.5, 0.6) is 0 Å². The van der Waals surface area contributed by atoms with Crippen molar-refractivity contribution in [3.8, 4) is 0 Å². The van der Waals surface area contributed by atoms with Crippen molar-refractivity contribution >= 4 is 0 Å². The summed E-state index contributed by atoms with van der Waals surface area (Å²) in [6.07, 6.45) is 2.85. The highest BCUT2D eigenvalue weighted by atomic mass is 19.4. The average molecular weight is 286 g/mol. The maximum atomic E-state index is 12.5. The molecule has 0 amide bonds. The Morgan fingerprint density at radius 2 is 1.55 bits per heavy atom. The summed E-state index contributed by atoms with van der Waals surface area (Å²) in [7, 11) is 0. The Bertz CT molecular complexity index is 403. The molecule has 20 heavy (non-hydrogen) atoms. The first-order chi connectivity index (χ1) is 9.47. The number of rotatable bonds is 3. The van der Waals surface area contributed by atoms with E-state index in [4.69, 9.17) is 0 Å². The molecule has 1 aliphatic carbocycles. The normalized spacial score (nSPS) is 19.6. The van der Waals surface area contributed by atoms with Crippen LogP contribution >= 0.6 is 0 Å². The smallest absolute Gasteiger partial charge is 0.388 e. The highest BCUT2D eigenvalue weighted by Crippen LogP contribution is 2.33. The number of benzene rings is 1. The highest BCUT2D eigenvalue weighted by molar-refractivity contribution is 5.26. The molecule has 1 aromatic carbocycles. The summed E-state index contributed by atoms with van der Waals surface area (Å²) in [5.74, 6) is 0.495. The molecule has 1 N–H and O–H groups in total. The molecular weight excluding hydrogens is 265 g/mol. The quantitative estimate of drug-likeness (QED) is 0.766. The van der Waals surface area contributed by atoms with Gasteiger partial charge in [-0.3, -0.25) is 0 Å². The lowest BCUT2D eigenvalue weighted by molar-refractivity contribution is -0.137. The van der Waals surface area contributed by atoms with E-state index in [9.17, 15) is 18.3 Å². The molecule has 0 heterocycles. The van der Waals surface area contributed by atoms with E-state index in [0.717, 1.165) is 25.0 Å². The number of halogens is 3. The van der Waals surface area contributed by atoms with Gasteiger partial charge in [0.05, 0.1) is 11.7 Å². The van der Waals surface area contributed by atoms with E-state index in [1.165, 1.54) is 37.8 Å². The third kappa shape index (κ3) is 4.23. The molecule has 4 heteroatoms. The first-order valence-electron chi connectivity index (χ1n) is 7.32. The summed E-state index contributed by atoms with van der Waals surface area (Å²) >= 11 is 0. The largest absolute Gasteiger partial charge is 0.416 e. The van der Waals surface area contributed by atoms with Crippen molar-refractivity contribution < 1.29 is 18.3 Å². The molecule has 0 saturated heterocycles. The van der Waals surface area contributed by atoms with Crippen molar-refractivity contribution in [3.05, 3.63) is 35.4 Å². The molecular formula is C16H21F3O. The fourth-order valence-corrected chi connectivity index (χ4v) is 2.95. The molecule has 2 rings (SSSR count). The lowest BCUT2D eigenvalue weighted by Gasteiger charge is -2.19. The van der Waals surface area contributed by atoms with Gasteiger partial charge in [-0.15, -0.1) is 0 Å². The van der Waals surface area contributed by atoms with Crippen LogP contribution in [0.4, 0.5) is 13.2 Å². The summed E-state index contributed by atoms with van der Waals surface area (Å²) in [5, 5.41) is 10.2. The van der Waals surface area contributed by atoms with E-state index in [1.807, 2.05) is 0 Å². The predicted molar refractivity (Wildman–Crippen MR) is 72.2 cm³/mol. The van der Waals surface area contributed by atoms with Gasteiger partial charge in [-0.25, -0.2) is 0 Å². The van der Waals surface area contributed by atoms with Crippen LogP contribution in [0, 0.1) is 5.92 Å². The lowest BCUT2D eigenvalue weighted by atomic mass is 9.91. The minimum atomic E-state index is -4.31. The van der Waals surface area contributed by atoms with Gasteiger partial charge in [0.25, 0.3) is 0 Å². The van der Waals surface area contributed by atoms with Gasteiger partial charge in [-0.1, -0.05) is 50.7 Å². The van der Waals surface area contributed by atoms with Gasteiger partial charge in [-0.2, -0.15) is 13.2 Å². The first-order valence-corrected chi connectivity index (χ1v) is 7.32. The van der Waals surface area contributed by atoms with E-state index in [2.05, 4.69) is 0 Å². The standard InChI is InChI=1S/C16H21F3O/c17-16(18,19)14-9-7-13(8-10-14)15(20)11-12-5-3-1-2-4-6-12/h7-10,12,15,20H,1-6,11H2. The summed E-state index contributed by atoms with van der Waals surface area (Å²) in [5.41, 5.74) is -0.0786. The Labute approximate surface area is 117 Å². The van der Waals surface area contributed by atoms with Gasteiger partial charge < -0.3 is 5.11 Å². The van der Waals surface area contributed by atoms with Crippen molar-refractivity contribution in [2.45, 2.75) is 57.2 Å². The van der Waals surface area contributed by atoms with E-state index in [0.29, 0.717) is 17.9 Å². The summed E-state index contributed by atoms with van der Waals surface area (Å²) < 4.78 is 37.4. The van der Waals surface area contributed by atoms with Crippen molar-refractivity contribution in [1.82, 2.24) is 0 Å². The van der Waals surface area contributed by atoms with E-state index in [1.54, 1.807) is 0 Å². The number of aliphatic hydroxyl groups excluding tert-OH is 1. The second kappa shape index (κ2) is 6.61. The molecule has 0 aliphatic heterocycles. The van der Waals surface area contributed by atoms with E-state index >= 15 is 0 Å². The average Bonchev–Trinajstić information content (AvgIpc) is 2.66. The Morgan fingerprint density at radius 1 is 1.00 bits per heavy atom. The fraction of sp³-hybridized carbons (Fsp3) is 0.625. The second-order valence-corrected chi connectivity index (χ2v) is 5.73. The second-order valence-electron chi connectivity index (χ2n) is 5.73. The van der Waals surface area contributed by atoms with Gasteiger partial charge >= 0.3 is 6.18 Å². The molecule has 0 bridgehead atoms. The van der Waals surface area contributed by atoms with Crippen molar-refractivity contribution in [1.29, 1.82) is 0 Å². The maximum Gasteiger partial charge on any atom is 0.416 e. The molecule has 1 fully saturated rings. The zero-order chi connectivity index (χ0) is 14.6. The van der Waals surface area contributed by atoms with Crippen molar-refractivity contribution in [2.24, 2.45) is 5.92 Å². The Kier molecular flexibility index (Phi) is 5.08. The molecule has 0 radical (unpaired) electrons. The van der Waals surface area contributed by atoms with Crippen LogP contribution in [-0.4, -0.2) is 5.11 Å². The monoisotopic (exact) mass is 286 g/mol. The molecule has 1 unspecified atom stereocenters. The molecule has 1 aliphatic rings. The summed E-state index contributed by atoms with van der Waals surface area (Å²) in [6.45, 7) is 0. The maximum absolute atomic E-state index is 12.5. The first kappa shape index (κ1) is 15.4. The van der Waals surface area contributed by atoms with Crippen LogP contribution in [0.3, 0.4) is 0 Å². The Morgan fingerprint density at radius 3 is 2.05 bits per heavy atom. The number of aliphatic hydroxyl groups is 1. The van der Waals surface area contributed by atoms with E-state index < -0.39 is 17.8 Å². The molecule has 0 spiro atoms. The van der Waals surface area contributed by atoms with E-state index in [-0.39, 0.29) is 0 Å². The van der Waals surface area contributed by atoms with Crippen LogP contribution < -0.4 is 0 Å². The number of hydrogen-bond acceptors (Lipinski definition) is 1. The molecule has 1 atom stereocenters. The van der Waals surface area contributed by atoms with Gasteiger partial charge in [0.1, 0.15) is 0 Å². The predicted octanol–water partition coefficient (Wildman–Crippen LogP) is 5.10. The molecule has 1 saturated carbocycles. The van der Waals surface area contributed by atoms with Crippen molar-refractivity contribution in [3.63, 3.8) is 0 Å². The zero-order valence-electron chi connectivity index (χ0n) is 11.5. The minimum absolute atomic E-state index is 0.495. The van der Waals surface area contributed by atoms with Gasteiger partial charge in [-0.05, 0) is 30.0 Å². The van der Waals surface area contributed by atoms with Crippen LogP contribution in [0.25, 0.3) is 0 Å². The summed E-state index contributed by atoms with van der Waals surface area (Å²) in [4.78, 5) is 0. The summed E-state index contributed by atoms with van der Waals surface area (Å²) in [6, 6.07) is 4.88. The Hall–Kier alpha value is -1.03. The van der Waals surface area contributed by atoms with Gasteiger partial charge in [0.2, 0.25) is 0 Å². The lowest BCUT2D eigenvalue weighted by Crippen LogP contribution is -2.08. The minimum Gasteiger partial charge on any atom is -0.388 e. The Balaban J connectivity index is 1.96. The van der Waals surface area contributed by atoms with Crippen LogP contribution in [-0.2, 0) is 6.18 Å². The fourth-order valence-electron chi connectivity index (χ4n) is 2.95. The van der Waals surface area contributed by atoms with Crippen LogP contribution in [0.15, 0.2) is 24.3 Å². The SMILES string of the molecule is OC(CC1CCCCCC1)c1ccc(C(F)(F)F)cc1. The highest BCUT2D eigenvalue weighted by Gasteiger charge is 2.30. The third-order valence-corrected chi connectivity index (χ3v) is 4.15. The molecule has 0 aromatic heterocycles. The van der Waals surface area contributed by atoms with Gasteiger partial charge in [0, 0.05) is 0 Å². The number of alkyl halides is 3.